The van der Waals surface area contributed by atoms with Gasteiger partial charge in [0, 0.05) is 40.6 Å². The highest BCUT2D eigenvalue weighted by molar-refractivity contribution is 4.88. The average molecular weight is 451 g/mol. The van der Waals surface area contributed by atoms with Crippen LogP contribution in [0.3, 0.4) is 0 Å². The van der Waals surface area contributed by atoms with Crippen molar-refractivity contribution >= 4 is 0 Å². The summed E-state index contributed by atoms with van der Waals surface area (Å²) in [4.78, 5) is 0. The lowest BCUT2D eigenvalue weighted by Gasteiger charge is -2.45. The molecule has 0 aromatic rings. The smallest absolute Gasteiger partial charge is 0.161 e. The Morgan fingerprint density at radius 3 is 1.61 bits per heavy atom. The Morgan fingerprint density at radius 2 is 1.06 bits per heavy atom. The minimum absolute atomic E-state index is 0.285. The van der Waals surface area contributed by atoms with Crippen molar-refractivity contribution in [1.29, 1.82) is 0 Å². The SMILES string of the molecule is CO[C@H]1C[C@@H](O[C@H]2[C@@H](OC)C[C@H](O[C@H]3[C@@H](OC)C[C@H](O)O[C@@H]3C)O[C@@H]2C)O[C@H](C)[C@H]1O. The fourth-order valence-electron chi connectivity index (χ4n) is 4.64. The molecule has 3 aliphatic rings. The predicted molar refractivity (Wildman–Crippen MR) is 107 cm³/mol. The molecule has 3 rings (SSSR count). The quantitative estimate of drug-likeness (QED) is 0.570. The summed E-state index contributed by atoms with van der Waals surface area (Å²) in [6.07, 6.45) is -4.26. The normalized spacial score (nSPS) is 49.2. The van der Waals surface area contributed by atoms with Gasteiger partial charge in [0.1, 0.15) is 18.3 Å². The number of methoxy groups -OCH3 is 3. The van der Waals surface area contributed by atoms with E-state index < -0.39 is 31.1 Å². The maximum Gasteiger partial charge on any atom is 0.161 e. The topological polar surface area (TPSA) is 114 Å². The van der Waals surface area contributed by atoms with Crippen molar-refractivity contribution in [2.24, 2.45) is 0 Å². The van der Waals surface area contributed by atoms with E-state index in [1.165, 1.54) is 0 Å². The van der Waals surface area contributed by atoms with Crippen molar-refractivity contribution in [3.05, 3.63) is 0 Å². The van der Waals surface area contributed by atoms with E-state index in [0.717, 1.165) is 0 Å². The molecule has 31 heavy (non-hydrogen) atoms. The van der Waals surface area contributed by atoms with Crippen LogP contribution in [0.2, 0.25) is 0 Å². The molecule has 0 bridgehead atoms. The van der Waals surface area contributed by atoms with E-state index in [1.54, 1.807) is 28.3 Å². The minimum atomic E-state index is -0.872. The monoisotopic (exact) mass is 450 g/mol. The maximum absolute atomic E-state index is 10.2. The highest BCUT2D eigenvalue weighted by atomic mass is 16.7. The fraction of sp³-hybridized carbons (Fsp3) is 1.00. The summed E-state index contributed by atoms with van der Waals surface area (Å²) in [7, 11) is 4.79. The largest absolute Gasteiger partial charge is 0.388 e. The van der Waals surface area contributed by atoms with Crippen molar-refractivity contribution < 1.29 is 48.1 Å². The Balaban J connectivity index is 1.60. The zero-order valence-electron chi connectivity index (χ0n) is 19.2. The Kier molecular flexibility index (Phi) is 9.07. The molecule has 0 unspecified atom stereocenters. The van der Waals surface area contributed by atoms with Gasteiger partial charge in [-0.3, -0.25) is 0 Å². The fourth-order valence-corrected chi connectivity index (χ4v) is 4.64. The number of hydrogen-bond donors (Lipinski definition) is 2. The second-order valence-electron chi connectivity index (χ2n) is 8.56. The van der Waals surface area contributed by atoms with Crippen LogP contribution in [0.25, 0.3) is 0 Å². The summed E-state index contributed by atoms with van der Waals surface area (Å²) in [6, 6.07) is 0. The Hall–Kier alpha value is -0.400. The van der Waals surface area contributed by atoms with Crippen LogP contribution in [0.15, 0.2) is 0 Å². The number of aliphatic hydroxyl groups is 2. The number of ether oxygens (including phenoxy) is 8. The zero-order chi connectivity index (χ0) is 22.7. The molecule has 0 aromatic heterocycles. The van der Waals surface area contributed by atoms with Crippen molar-refractivity contribution in [2.75, 3.05) is 21.3 Å². The standard InChI is InChI=1S/C21H38O10/c1-10-19(23)13(24-4)8-17(28-10)30-21-12(3)29-18(9-15(21)26-6)31-20-11(2)27-16(22)7-14(20)25-5/h10-23H,7-9H2,1-6H3/t10-,11-,12-,13+,14+,15+,16-,17-,18+,19-,20-,21-/m1/s1. The molecule has 10 heteroatoms. The van der Waals surface area contributed by atoms with Crippen LogP contribution in [0.1, 0.15) is 40.0 Å². The van der Waals surface area contributed by atoms with Gasteiger partial charge in [0.15, 0.2) is 18.9 Å². The molecule has 3 saturated heterocycles. The molecule has 10 nitrogen and oxygen atoms in total. The summed E-state index contributed by atoms with van der Waals surface area (Å²) in [5, 5.41) is 20.0. The van der Waals surface area contributed by atoms with E-state index >= 15 is 0 Å². The van der Waals surface area contributed by atoms with Crippen molar-refractivity contribution in [1.82, 2.24) is 0 Å². The van der Waals surface area contributed by atoms with Gasteiger partial charge in [-0.2, -0.15) is 0 Å². The van der Waals surface area contributed by atoms with Gasteiger partial charge in [0.2, 0.25) is 0 Å². The molecule has 0 radical (unpaired) electrons. The molecule has 3 fully saturated rings. The molecule has 0 saturated carbocycles. The van der Waals surface area contributed by atoms with E-state index in [2.05, 4.69) is 0 Å². The van der Waals surface area contributed by atoms with Gasteiger partial charge in [-0.15, -0.1) is 0 Å². The third-order valence-electron chi connectivity index (χ3n) is 6.43. The molecule has 0 aromatic carbocycles. The van der Waals surface area contributed by atoms with Gasteiger partial charge in [0.05, 0.1) is 36.6 Å². The molecular formula is C21H38O10. The summed E-state index contributed by atoms with van der Waals surface area (Å²) in [5.41, 5.74) is 0. The highest BCUT2D eigenvalue weighted by Crippen LogP contribution is 2.33. The molecule has 12 atom stereocenters. The third kappa shape index (κ3) is 5.94. The first-order valence-corrected chi connectivity index (χ1v) is 11.0. The molecule has 3 aliphatic heterocycles. The van der Waals surface area contributed by atoms with E-state index in [4.69, 9.17) is 37.9 Å². The van der Waals surface area contributed by atoms with Crippen molar-refractivity contribution in [2.45, 2.75) is 114 Å². The average Bonchev–Trinajstić information content (AvgIpc) is 2.73. The van der Waals surface area contributed by atoms with Gasteiger partial charge in [-0.1, -0.05) is 0 Å². The molecule has 0 spiro atoms. The van der Waals surface area contributed by atoms with E-state index in [1.807, 2.05) is 13.8 Å². The zero-order valence-corrected chi connectivity index (χ0v) is 19.2. The third-order valence-corrected chi connectivity index (χ3v) is 6.43. The van der Waals surface area contributed by atoms with Crippen LogP contribution in [-0.4, -0.2) is 105 Å². The Morgan fingerprint density at radius 1 is 0.613 bits per heavy atom. The van der Waals surface area contributed by atoms with Gasteiger partial charge < -0.3 is 48.1 Å². The van der Waals surface area contributed by atoms with Crippen molar-refractivity contribution in [3.8, 4) is 0 Å². The van der Waals surface area contributed by atoms with Gasteiger partial charge in [-0.05, 0) is 20.8 Å². The molecule has 3 heterocycles. The number of aliphatic hydroxyl groups excluding tert-OH is 2. The lowest BCUT2D eigenvalue weighted by molar-refractivity contribution is -0.334. The second kappa shape index (κ2) is 11.1. The molecule has 0 aliphatic carbocycles. The van der Waals surface area contributed by atoms with Crippen LogP contribution in [0.4, 0.5) is 0 Å². The van der Waals surface area contributed by atoms with Crippen LogP contribution >= 0.6 is 0 Å². The number of hydrogen-bond acceptors (Lipinski definition) is 10. The van der Waals surface area contributed by atoms with Crippen LogP contribution < -0.4 is 0 Å². The minimum Gasteiger partial charge on any atom is -0.388 e. The summed E-state index contributed by atoms with van der Waals surface area (Å²) in [6.45, 7) is 5.54. The van der Waals surface area contributed by atoms with E-state index in [0.29, 0.717) is 19.3 Å². The molecular weight excluding hydrogens is 412 g/mol. The molecule has 2 N–H and O–H groups in total. The van der Waals surface area contributed by atoms with Crippen LogP contribution in [0, 0.1) is 0 Å². The van der Waals surface area contributed by atoms with Crippen LogP contribution in [0.5, 0.6) is 0 Å². The first kappa shape index (κ1) is 25.2. The van der Waals surface area contributed by atoms with Gasteiger partial charge >= 0.3 is 0 Å². The number of rotatable bonds is 7. The Labute approximate surface area is 184 Å². The lowest BCUT2D eigenvalue weighted by atomic mass is 9.99. The first-order valence-electron chi connectivity index (χ1n) is 11.0. The maximum atomic E-state index is 10.2. The van der Waals surface area contributed by atoms with Gasteiger partial charge in [0.25, 0.3) is 0 Å². The predicted octanol–water partition coefficient (Wildman–Crippen LogP) is 0.560. The van der Waals surface area contributed by atoms with E-state index in [-0.39, 0.29) is 42.7 Å². The Bertz CT molecular complexity index is 550. The van der Waals surface area contributed by atoms with Crippen molar-refractivity contribution in [3.63, 3.8) is 0 Å². The highest BCUT2D eigenvalue weighted by Gasteiger charge is 2.45. The van der Waals surface area contributed by atoms with E-state index in [9.17, 15) is 10.2 Å². The first-order chi connectivity index (χ1) is 14.8. The molecule has 0 amide bonds. The summed E-state index contributed by atoms with van der Waals surface area (Å²) >= 11 is 0. The van der Waals surface area contributed by atoms with Gasteiger partial charge in [-0.25, -0.2) is 0 Å². The van der Waals surface area contributed by atoms with Crippen LogP contribution in [-0.2, 0) is 37.9 Å². The summed E-state index contributed by atoms with van der Waals surface area (Å²) < 4.78 is 46.4. The lowest BCUT2D eigenvalue weighted by Crippen LogP contribution is -2.56. The second-order valence-corrected chi connectivity index (χ2v) is 8.56. The summed E-state index contributed by atoms with van der Waals surface area (Å²) in [5.74, 6) is 0. The molecule has 182 valence electrons.